The van der Waals surface area contributed by atoms with E-state index < -0.39 is 5.92 Å². The maximum absolute atomic E-state index is 12.2. The highest BCUT2D eigenvalue weighted by Gasteiger charge is 2.29. The number of hydrogen-bond acceptors (Lipinski definition) is 3. The monoisotopic (exact) mass is 307 g/mol. The van der Waals surface area contributed by atoms with E-state index in [0.717, 1.165) is 12.8 Å². The zero-order valence-corrected chi connectivity index (χ0v) is 12.4. The van der Waals surface area contributed by atoms with Crippen LogP contribution in [-0.2, 0) is 4.79 Å². The van der Waals surface area contributed by atoms with Gasteiger partial charge in [0.15, 0.2) is 5.92 Å². The second kappa shape index (κ2) is 6.69. The third kappa shape index (κ3) is 3.27. The number of hydrogen-bond donors (Lipinski definition) is 1. The number of nitrogens with one attached hydrogen (secondary N) is 1. The number of nitrogens with zero attached hydrogens (tertiary/aromatic N) is 2. The number of nitriles is 1. The lowest BCUT2D eigenvalue weighted by molar-refractivity contribution is -0.130. The molecule has 2 rings (SSSR count). The summed E-state index contributed by atoms with van der Waals surface area (Å²) >= 11 is 11.2. The maximum Gasteiger partial charge on any atom is 0.246 e. The molecule has 1 amide bonds. The Morgan fingerprint density at radius 3 is 2.65 bits per heavy atom. The summed E-state index contributed by atoms with van der Waals surface area (Å²) in [5.41, 5.74) is 0.605. The lowest BCUT2D eigenvalue weighted by Gasteiger charge is -2.20. The molecule has 1 atom stereocenters. The molecule has 1 aromatic rings. The Balaban J connectivity index is 2.08. The highest BCUT2D eigenvalue weighted by molar-refractivity contribution is 7.80. The molecule has 4 nitrogen and oxygen atoms in total. The highest BCUT2D eigenvalue weighted by atomic mass is 35.5. The molecule has 1 saturated heterocycles. The standard InChI is InChI=1S/C14H14ClN3OS/c15-11-5-1-2-6-12(11)17-13(20)10(9-16)14(19)18-7-3-4-8-18/h1-2,5-6,10H,3-4,7-8H2,(H,17,20)/t10-/m0/s1. The van der Waals surface area contributed by atoms with E-state index in [9.17, 15) is 10.1 Å². The summed E-state index contributed by atoms with van der Waals surface area (Å²) in [5, 5.41) is 12.6. The zero-order valence-electron chi connectivity index (χ0n) is 10.8. The number of thiocarbonyl (C=S) groups is 1. The third-order valence-electron chi connectivity index (χ3n) is 3.19. The molecular formula is C14H14ClN3OS. The van der Waals surface area contributed by atoms with E-state index in [1.54, 1.807) is 29.2 Å². The van der Waals surface area contributed by atoms with Gasteiger partial charge in [0.1, 0.15) is 4.99 Å². The Bertz CT molecular complexity index is 564. The number of anilines is 1. The van der Waals surface area contributed by atoms with Crippen LogP contribution in [0.2, 0.25) is 5.02 Å². The van der Waals surface area contributed by atoms with Crippen LogP contribution in [0.5, 0.6) is 0 Å². The second-order valence-electron chi connectivity index (χ2n) is 4.56. The summed E-state index contributed by atoms with van der Waals surface area (Å²) in [4.78, 5) is 14.1. The smallest absolute Gasteiger partial charge is 0.246 e. The van der Waals surface area contributed by atoms with Gasteiger partial charge in [-0.2, -0.15) is 5.26 Å². The van der Waals surface area contributed by atoms with E-state index in [-0.39, 0.29) is 10.9 Å². The van der Waals surface area contributed by atoms with Crippen LogP contribution in [0.3, 0.4) is 0 Å². The van der Waals surface area contributed by atoms with Crippen molar-refractivity contribution in [2.24, 2.45) is 5.92 Å². The van der Waals surface area contributed by atoms with E-state index in [0.29, 0.717) is 23.8 Å². The minimum Gasteiger partial charge on any atom is -0.347 e. The maximum atomic E-state index is 12.2. The Hall–Kier alpha value is -1.64. The Labute approximate surface area is 128 Å². The molecule has 1 heterocycles. The van der Waals surface area contributed by atoms with Gasteiger partial charge in [-0.3, -0.25) is 4.79 Å². The Kier molecular flexibility index (Phi) is 4.94. The van der Waals surface area contributed by atoms with Gasteiger partial charge >= 0.3 is 0 Å². The van der Waals surface area contributed by atoms with Gasteiger partial charge in [-0.1, -0.05) is 36.0 Å². The van der Waals surface area contributed by atoms with Gasteiger partial charge in [0.05, 0.1) is 16.8 Å². The molecule has 0 spiro atoms. The fourth-order valence-corrected chi connectivity index (χ4v) is 2.56. The molecule has 0 aromatic heterocycles. The van der Waals surface area contributed by atoms with Crippen LogP contribution in [0.15, 0.2) is 24.3 Å². The van der Waals surface area contributed by atoms with Crippen LogP contribution in [0.4, 0.5) is 5.69 Å². The average Bonchev–Trinajstić information content (AvgIpc) is 2.96. The number of amides is 1. The zero-order chi connectivity index (χ0) is 14.5. The van der Waals surface area contributed by atoms with Crippen molar-refractivity contribution in [2.45, 2.75) is 12.8 Å². The van der Waals surface area contributed by atoms with Crippen molar-refractivity contribution in [2.75, 3.05) is 18.4 Å². The lowest BCUT2D eigenvalue weighted by atomic mass is 10.1. The number of carbonyl (C=O) groups is 1. The predicted molar refractivity (Wildman–Crippen MR) is 82.6 cm³/mol. The molecule has 20 heavy (non-hydrogen) atoms. The SMILES string of the molecule is N#C[C@H](C(=O)N1CCCC1)C(=S)Nc1ccccc1Cl. The van der Waals surface area contributed by atoms with Crippen LogP contribution in [0.25, 0.3) is 0 Å². The molecule has 104 valence electrons. The molecule has 1 aliphatic rings. The second-order valence-corrected chi connectivity index (χ2v) is 5.41. The number of rotatable bonds is 3. The lowest BCUT2D eigenvalue weighted by Crippen LogP contribution is -2.38. The topological polar surface area (TPSA) is 56.1 Å². The van der Waals surface area contributed by atoms with Crippen molar-refractivity contribution < 1.29 is 4.79 Å². The van der Waals surface area contributed by atoms with Crippen molar-refractivity contribution in [3.63, 3.8) is 0 Å². The summed E-state index contributed by atoms with van der Waals surface area (Å²) in [5.74, 6) is -1.19. The first kappa shape index (κ1) is 14.8. The Morgan fingerprint density at radius 1 is 1.40 bits per heavy atom. The van der Waals surface area contributed by atoms with E-state index in [2.05, 4.69) is 5.32 Å². The van der Waals surface area contributed by atoms with Crippen LogP contribution >= 0.6 is 23.8 Å². The van der Waals surface area contributed by atoms with Crippen LogP contribution in [0.1, 0.15) is 12.8 Å². The van der Waals surface area contributed by atoms with E-state index in [1.807, 2.05) is 6.07 Å². The molecule has 1 fully saturated rings. The predicted octanol–water partition coefficient (Wildman–Crippen LogP) is 2.84. The first-order valence-corrected chi connectivity index (χ1v) is 7.16. The van der Waals surface area contributed by atoms with Gasteiger partial charge in [0.25, 0.3) is 0 Å². The molecule has 0 radical (unpaired) electrons. The van der Waals surface area contributed by atoms with E-state index >= 15 is 0 Å². The summed E-state index contributed by atoms with van der Waals surface area (Å²) < 4.78 is 0. The summed E-state index contributed by atoms with van der Waals surface area (Å²) in [6.45, 7) is 1.40. The first-order chi connectivity index (χ1) is 9.63. The van der Waals surface area contributed by atoms with Crippen molar-refractivity contribution in [1.29, 1.82) is 5.26 Å². The molecule has 1 N–H and O–H groups in total. The average molecular weight is 308 g/mol. The molecule has 0 bridgehead atoms. The first-order valence-electron chi connectivity index (χ1n) is 6.37. The van der Waals surface area contributed by atoms with Crippen LogP contribution in [-0.4, -0.2) is 28.9 Å². The van der Waals surface area contributed by atoms with Gasteiger partial charge in [-0.15, -0.1) is 0 Å². The normalized spacial score (nSPS) is 15.5. The van der Waals surface area contributed by atoms with E-state index in [1.165, 1.54) is 0 Å². The molecule has 1 aromatic carbocycles. The van der Waals surface area contributed by atoms with Crippen molar-refractivity contribution in [3.8, 4) is 6.07 Å². The fraction of sp³-hybridized carbons (Fsp3) is 0.357. The molecule has 0 unspecified atom stereocenters. The van der Waals surface area contributed by atoms with Gasteiger partial charge < -0.3 is 10.2 Å². The van der Waals surface area contributed by atoms with Gasteiger partial charge in [0.2, 0.25) is 5.91 Å². The number of carbonyl (C=O) groups excluding carboxylic acids is 1. The van der Waals surface area contributed by atoms with Crippen molar-refractivity contribution in [1.82, 2.24) is 4.90 Å². The molecule has 0 saturated carbocycles. The van der Waals surface area contributed by atoms with Crippen molar-refractivity contribution >= 4 is 40.4 Å². The largest absolute Gasteiger partial charge is 0.347 e. The highest BCUT2D eigenvalue weighted by Crippen LogP contribution is 2.22. The number of halogens is 1. The van der Waals surface area contributed by atoms with Gasteiger partial charge in [-0.05, 0) is 25.0 Å². The molecule has 0 aliphatic carbocycles. The molecule has 1 aliphatic heterocycles. The minimum absolute atomic E-state index is 0.192. The van der Waals surface area contributed by atoms with Gasteiger partial charge in [-0.25, -0.2) is 0 Å². The van der Waals surface area contributed by atoms with Gasteiger partial charge in [0, 0.05) is 13.1 Å². The summed E-state index contributed by atoms with van der Waals surface area (Å²) in [7, 11) is 0. The minimum atomic E-state index is -0.959. The number of likely N-dealkylation sites (tertiary alicyclic amines) is 1. The van der Waals surface area contributed by atoms with Crippen molar-refractivity contribution in [3.05, 3.63) is 29.3 Å². The number of para-hydroxylation sites is 1. The Morgan fingerprint density at radius 2 is 2.05 bits per heavy atom. The van der Waals surface area contributed by atoms with Crippen LogP contribution in [0, 0.1) is 17.2 Å². The van der Waals surface area contributed by atoms with Crippen LogP contribution < -0.4 is 5.32 Å². The van der Waals surface area contributed by atoms with E-state index in [4.69, 9.17) is 23.8 Å². The fourth-order valence-electron chi connectivity index (χ4n) is 2.11. The quantitative estimate of drug-likeness (QED) is 0.872. The third-order valence-corrected chi connectivity index (χ3v) is 3.86. The summed E-state index contributed by atoms with van der Waals surface area (Å²) in [6.07, 6.45) is 1.96. The molecule has 6 heteroatoms. The summed E-state index contributed by atoms with van der Waals surface area (Å²) in [6, 6.07) is 9.06. The number of benzene rings is 1. The molecular weight excluding hydrogens is 294 g/mol.